The first-order valence-corrected chi connectivity index (χ1v) is 7.49. The molecule has 22 heavy (non-hydrogen) atoms. The summed E-state index contributed by atoms with van der Waals surface area (Å²) in [5.41, 5.74) is 0.602. The molecule has 2 N–H and O–H groups in total. The zero-order valence-electron chi connectivity index (χ0n) is 12.7. The summed E-state index contributed by atoms with van der Waals surface area (Å²) >= 11 is 0. The molecule has 1 saturated heterocycles. The van der Waals surface area contributed by atoms with Crippen molar-refractivity contribution in [1.82, 2.24) is 4.90 Å². The van der Waals surface area contributed by atoms with E-state index in [0.717, 1.165) is 19.4 Å². The maximum atomic E-state index is 12.2. The van der Waals surface area contributed by atoms with Crippen LogP contribution in [-0.4, -0.2) is 39.3 Å². The van der Waals surface area contributed by atoms with Gasteiger partial charge in [-0.1, -0.05) is 0 Å². The Bertz CT molecular complexity index is 705. The lowest BCUT2D eigenvalue weighted by molar-refractivity contribution is 0.0979. The van der Waals surface area contributed by atoms with E-state index in [4.69, 9.17) is 0 Å². The summed E-state index contributed by atoms with van der Waals surface area (Å²) in [7, 11) is 0. The summed E-state index contributed by atoms with van der Waals surface area (Å²) in [6.45, 7) is 5.02. The lowest BCUT2D eigenvalue weighted by Crippen LogP contribution is -2.26. The van der Waals surface area contributed by atoms with E-state index < -0.39 is 11.6 Å². The Hall–Kier alpha value is -2.14. The van der Waals surface area contributed by atoms with E-state index >= 15 is 0 Å². The van der Waals surface area contributed by atoms with Crippen molar-refractivity contribution in [3.05, 3.63) is 34.4 Å². The Kier molecular flexibility index (Phi) is 3.53. The van der Waals surface area contributed by atoms with Gasteiger partial charge in [0.2, 0.25) is 0 Å². The van der Waals surface area contributed by atoms with Crippen LogP contribution in [0.1, 0.15) is 53.0 Å². The molecule has 1 aliphatic carbocycles. The van der Waals surface area contributed by atoms with Crippen molar-refractivity contribution in [2.45, 2.75) is 39.3 Å². The zero-order chi connectivity index (χ0) is 16.0. The Morgan fingerprint density at radius 2 is 2.00 bits per heavy atom. The second-order valence-electron chi connectivity index (χ2n) is 6.14. The van der Waals surface area contributed by atoms with Gasteiger partial charge in [-0.05, 0) is 45.4 Å². The highest BCUT2D eigenvalue weighted by molar-refractivity contribution is 6.26. The van der Waals surface area contributed by atoms with Gasteiger partial charge in [0.15, 0.2) is 11.6 Å². The van der Waals surface area contributed by atoms with E-state index in [-0.39, 0.29) is 28.2 Å². The van der Waals surface area contributed by atoms with Gasteiger partial charge in [-0.2, -0.15) is 0 Å². The topological polar surface area (TPSA) is 77.8 Å². The molecule has 1 aromatic rings. The molecule has 3 rings (SSSR count). The molecule has 1 aromatic carbocycles. The third-order valence-electron chi connectivity index (χ3n) is 4.60. The number of Topliss-reactive ketones (excluding diaryl/α,β-unsaturated/α-hetero) is 1. The molecule has 1 fully saturated rings. The Balaban J connectivity index is 2.06. The molecule has 2 aliphatic rings. The number of aromatic hydroxyl groups is 2. The highest BCUT2D eigenvalue weighted by Crippen LogP contribution is 2.38. The predicted octanol–water partition coefficient (Wildman–Crippen LogP) is 2.41. The van der Waals surface area contributed by atoms with E-state index in [0.29, 0.717) is 18.2 Å². The van der Waals surface area contributed by atoms with E-state index in [1.807, 2.05) is 0 Å². The van der Waals surface area contributed by atoms with Gasteiger partial charge in [0.25, 0.3) is 0 Å². The molecule has 1 unspecified atom stereocenters. The molecule has 0 amide bonds. The average molecular weight is 301 g/mol. The van der Waals surface area contributed by atoms with Crippen molar-refractivity contribution < 1.29 is 19.8 Å². The van der Waals surface area contributed by atoms with Crippen LogP contribution in [0.25, 0.3) is 0 Å². The van der Waals surface area contributed by atoms with Crippen LogP contribution in [0.3, 0.4) is 0 Å². The highest BCUT2D eigenvalue weighted by atomic mass is 16.3. The first-order chi connectivity index (χ1) is 10.4. The second-order valence-corrected chi connectivity index (χ2v) is 6.14. The molecule has 0 bridgehead atoms. The highest BCUT2D eigenvalue weighted by Gasteiger charge is 2.32. The van der Waals surface area contributed by atoms with Crippen molar-refractivity contribution in [3.8, 4) is 11.5 Å². The van der Waals surface area contributed by atoms with Gasteiger partial charge in [-0.25, -0.2) is 0 Å². The normalized spacial score (nSPS) is 21.9. The van der Waals surface area contributed by atoms with Crippen LogP contribution in [-0.2, 0) is 6.54 Å². The number of phenols is 2. The minimum Gasteiger partial charge on any atom is -0.507 e. The van der Waals surface area contributed by atoms with Crippen LogP contribution in [0.2, 0.25) is 0 Å². The van der Waals surface area contributed by atoms with Crippen molar-refractivity contribution >= 4 is 11.6 Å². The Morgan fingerprint density at radius 3 is 2.64 bits per heavy atom. The van der Waals surface area contributed by atoms with Gasteiger partial charge < -0.3 is 10.2 Å². The lowest BCUT2D eigenvalue weighted by atomic mass is 9.87. The summed E-state index contributed by atoms with van der Waals surface area (Å²) in [4.78, 5) is 26.5. The maximum absolute atomic E-state index is 12.2. The molecule has 1 aliphatic heterocycles. The van der Waals surface area contributed by atoms with Crippen molar-refractivity contribution in [2.24, 2.45) is 0 Å². The quantitative estimate of drug-likeness (QED) is 0.820. The Labute approximate surface area is 128 Å². The number of fused-ring (bicyclic) bond motifs is 1. The molecule has 1 atom stereocenters. The number of hydrogen-bond donors (Lipinski definition) is 2. The number of likely N-dealkylation sites (tertiary alicyclic amines) is 1. The lowest BCUT2D eigenvalue weighted by Gasteiger charge is -2.23. The first-order valence-electron chi connectivity index (χ1n) is 7.49. The van der Waals surface area contributed by atoms with E-state index in [1.54, 1.807) is 0 Å². The number of allylic oxidation sites excluding steroid dienone is 2. The number of carbonyl (C=O) groups is 2. The summed E-state index contributed by atoms with van der Waals surface area (Å²) < 4.78 is 0. The van der Waals surface area contributed by atoms with Crippen LogP contribution in [0, 0.1) is 0 Å². The number of phenolic OH excluding ortho intramolecular Hbond substituents is 2. The van der Waals surface area contributed by atoms with Crippen LogP contribution in [0.5, 0.6) is 11.5 Å². The summed E-state index contributed by atoms with van der Waals surface area (Å²) in [6, 6.07) is 1.81. The Morgan fingerprint density at radius 1 is 1.27 bits per heavy atom. The molecule has 1 heterocycles. The molecular weight excluding hydrogens is 282 g/mol. The van der Waals surface area contributed by atoms with Crippen LogP contribution in [0.15, 0.2) is 17.7 Å². The number of ketones is 2. The number of hydrogen-bond acceptors (Lipinski definition) is 5. The van der Waals surface area contributed by atoms with Crippen molar-refractivity contribution in [3.63, 3.8) is 0 Å². The molecule has 5 heteroatoms. The standard InChI is InChI=1S/C17H19NO4/c1-9-6-12(19)15-14(16(9)21)13(20)7-11(17(15)22)8-18-5-3-4-10(18)2/h6-7,10,20,22H,3-5,8H2,1-2H3. The minimum absolute atomic E-state index is 0.0718. The van der Waals surface area contributed by atoms with Crippen LogP contribution < -0.4 is 0 Å². The largest absolute Gasteiger partial charge is 0.507 e. The van der Waals surface area contributed by atoms with Gasteiger partial charge >= 0.3 is 0 Å². The molecule has 0 saturated carbocycles. The van der Waals surface area contributed by atoms with Gasteiger partial charge in [-0.3, -0.25) is 14.5 Å². The van der Waals surface area contributed by atoms with Crippen LogP contribution >= 0.6 is 0 Å². The number of carbonyl (C=O) groups excluding carboxylic acids is 2. The molecule has 0 spiro atoms. The van der Waals surface area contributed by atoms with Gasteiger partial charge in [-0.15, -0.1) is 0 Å². The molecule has 0 radical (unpaired) electrons. The maximum Gasteiger partial charge on any atom is 0.193 e. The first kappa shape index (κ1) is 14.8. The molecule has 5 nitrogen and oxygen atoms in total. The average Bonchev–Trinajstić information content (AvgIpc) is 2.85. The van der Waals surface area contributed by atoms with E-state index in [9.17, 15) is 19.8 Å². The van der Waals surface area contributed by atoms with Crippen LogP contribution in [0.4, 0.5) is 0 Å². The second kappa shape index (κ2) is 5.25. The summed E-state index contributed by atoms with van der Waals surface area (Å²) in [5, 5.41) is 20.6. The van der Waals surface area contributed by atoms with E-state index in [1.165, 1.54) is 19.1 Å². The zero-order valence-corrected chi connectivity index (χ0v) is 12.7. The predicted molar refractivity (Wildman–Crippen MR) is 81.3 cm³/mol. The smallest absolute Gasteiger partial charge is 0.193 e. The van der Waals surface area contributed by atoms with Crippen molar-refractivity contribution in [2.75, 3.05) is 6.54 Å². The molecule has 116 valence electrons. The van der Waals surface area contributed by atoms with Gasteiger partial charge in [0.05, 0.1) is 11.1 Å². The monoisotopic (exact) mass is 301 g/mol. The summed E-state index contributed by atoms with van der Waals surface area (Å²) in [6.07, 6.45) is 3.40. The molecule has 0 aromatic heterocycles. The fraction of sp³-hybridized carbons (Fsp3) is 0.412. The summed E-state index contributed by atoms with van der Waals surface area (Å²) in [5.74, 6) is -1.27. The number of benzene rings is 1. The SMILES string of the molecule is CC1=CC(=O)c2c(O)c(CN3CCCC3C)cc(O)c2C1=O. The van der Waals surface area contributed by atoms with Crippen molar-refractivity contribution in [1.29, 1.82) is 0 Å². The van der Waals surface area contributed by atoms with Gasteiger partial charge in [0.1, 0.15) is 11.5 Å². The third kappa shape index (κ3) is 2.22. The fourth-order valence-electron chi connectivity index (χ4n) is 3.28. The number of rotatable bonds is 2. The fourth-order valence-corrected chi connectivity index (χ4v) is 3.28. The third-order valence-corrected chi connectivity index (χ3v) is 4.60. The minimum atomic E-state index is -0.434. The van der Waals surface area contributed by atoms with E-state index in [2.05, 4.69) is 11.8 Å². The molecular formula is C17H19NO4. The number of nitrogens with zero attached hydrogens (tertiary/aromatic N) is 1. The van der Waals surface area contributed by atoms with Gasteiger partial charge in [0, 0.05) is 23.7 Å².